The summed E-state index contributed by atoms with van der Waals surface area (Å²) < 4.78 is 7.44. The summed E-state index contributed by atoms with van der Waals surface area (Å²) in [5.74, 6) is 0.530. The van der Waals surface area contributed by atoms with Crippen molar-refractivity contribution < 1.29 is 14.3 Å². The first-order valence-electron chi connectivity index (χ1n) is 12.6. The third-order valence-electron chi connectivity index (χ3n) is 6.54. The number of imidazole rings is 1. The van der Waals surface area contributed by atoms with E-state index in [1.807, 2.05) is 24.4 Å². The number of carbonyl (C=O) groups is 2. The molecule has 0 bridgehead atoms. The van der Waals surface area contributed by atoms with E-state index in [0.717, 1.165) is 18.4 Å². The van der Waals surface area contributed by atoms with Crippen LogP contribution < -0.4 is 15.4 Å². The van der Waals surface area contributed by atoms with Gasteiger partial charge in [0.25, 0.3) is 11.8 Å². The summed E-state index contributed by atoms with van der Waals surface area (Å²) >= 11 is 0. The second kappa shape index (κ2) is 10.4. The molecule has 0 aliphatic heterocycles. The van der Waals surface area contributed by atoms with Gasteiger partial charge in [-0.1, -0.05) is 18.2 Å². The minimum atomic E-state index is -0.382. The lowest BCUT2D eigenvalue weighted by molar-refractivity contribution is 0.101. The summed E-state index contributed by atoms with van der Waals surface area (Å²) in [4.78, 5) is 41.6. The van der Waals surface area contributed by atoms with Gasteiger partial charge in [0.1, 0.15) is 12.1 Å². The minimum absolute atomic E-state index is 0.0503. The standard InChI is InChI=1S/C29H24N8O3/c1-30-17-29(10-11-29)21-5-2-4-19(12-21)27(38)33-22-6-3-7-23(13-22)40-26-9-8-25-34-24(16-37(25)36-26)35-28(39)20-14-31-18-32-15-20/h2-9,12-18H,10-11H2,1H3,(H,33,38)(H,35,39). The first kappa shape index (κ1) is 24.9. The fourth-order valence-electron chi connectivity index (χ4n) is 4.39. The van der Waals surface area contributed by atoms with Gasteiger partial charge in [0.15, 0.2) is 11.5 Å². The molecule has 0 atom stereocenters. The zero-order valence-electron chi connectivity index (χ0n) is 21.5. The molecule has 1 fully saturated rings. The molecular formula is C29H24N8O3. The van der Waals surface area contributed by atoms with E-state index in [4.69, 9.17) is 4.74 Å². The second-order valence-corrected chi connectivity index (χ2v) is 9.39. The lowest BCUT2D eigenvalue weighted by Crippen LogP contribution is -2.14. The highest BCUT2D eigenvalue weighted by molar-refractivity contribution is 6.05. The molecule has 0 radical (unpaired) electrons. The molecule has 198 valence electrons. The maximum atomic E-state index is 13.0. The van der Waals surface area contributed by atoms with Crippen molar-refractivity contribution in [1.82, 2.24) is 24.6 Å². The van der Waals surface area contributed by atoms with E-state index in [2.05, 4.69) is 35.7 Å². The zero-order valence-corrected chi connectivity index (χ0v) is 21.5. The van der Waals surface area contributed by atoms with Gasteiger partial charge in [0.2, 0.25) is 5.88 Å². The minimum Gasteiger partial charge on any atom is -0.438 e. The Balaban J connectivity index is 1.14. The van der Waals surface area contributed by atoms with Crippen LogP contribution in [0.25, 0.3) is 5.65 Å². The summed E-state index contributed by atoms with van der Waals surface area (Å²) in [5, 5.41) is 10.1. The van der Waals surface area contributed by atoms with E-state index < -0.39 is 0 Å². The van der Waals surface area contributed by atoms with Gasteiger partial charge in [-0.15, -0.1) is 5.10 Å². The first-order valence-corrected chi connectivity index (χ1v) is 12.6. The summed E-state index contributed by atoms with van der Waals surface area (Å²) in [6, 6.07) is 18.1. The molecule has 2 aromatic carbocycles. The third kappa shape index (κ3) is 5.25. The van der Waals surface area contributed by atoms with Crippen molar-refractivity contribution in [2.24, 2.45) is 4.99 Å². The van der Waals surface area contributed by atoms with Gasteiger partial charge in [0, 0.05) is 54.5 Å². The van der Waals surface area contributed by atoms with Gasteiger partial charge in [-0.3, -0.25) is 14.6 Å². The van der Waals surface area contributed by atoms with Crippen LogP contribution in [-0.2, 0) is 5.41 Å². The molecule has 11 nitrogen and oxygen atoms in total. The maximum absolute atomic E-state index is 13.0. The average molecular weight is 533 g/mol. The monoisotopic (exact) mass is 532 g/mol. The number of nitrogens with one attached hydrogen (secondary N) is 2. The SMILES string of the molecule is CN=CC1(c2cccc(C(=O)Nc3cccc(Oc4ccc5nc(NC(=O)c6cncnc6)cn5n4)c3)c2)CC1. The smallest absolute Gasteiger partial charge is 0.259 e. The lowest BCUT2D eigenvalue weighted by atomic mass is 9.95. The topological polar surface area (TPSA) is 136 Å². The molecule has 5 aromatic rings. The Hall–Kier alpha value is -5.45. The summed E-state index contributed by atoms with van der Waals surface area (Å²) in [6.07, 6.45) is 9.80. The van der Waals surface area contributed by atoms with E-state index in [-0.39, 0.29) is 17.2 Å². The number of benzene rings is 2. The van der Waals surface area contributed by atoms with Crippen LogP contribution in [0, 0.1) is 0 Å². The predicted octanol–water partition coefficient (Wildman–Crippen LogP) is 4.55. The molecule has 11 heteroatoms. The molecule has 2 amide bonds. The molecule has 3 heterocycles. The number of fused-ring (bicyclic) bond motifs is 1. The van der Waals surface area contributed by atoms with E-state index in [1.165, 1.54) is 23.2 Å². The Bertz CT molecular complexity index is 1750. The maximum Gasteiger partial charge on any atom is 0.259 e. The molecule has 1 aliphatic rings. The summed E-state index contributed by atoms with van der Waals surface area (Å²) in [6.45, 7) is 0. The lowest BCUT2D eigenvalue weighted by Gasteiger charge is -2.12. The number of nitrogens with zero attached hydrogens (tertiary/aromatic N) is 6. The number of amides is 2. The number of aromatic nitrogens is 5. The van der Waals surface area contributed by atoms with Crippen LogP contribution in [0.1, 0.15) is 39.1 Å². The van der Waals surface area contributed by atoms with Crippen molar-refractivity contribution in [3.8, 4) is 11.6 Å². The molecule has 2 N–H and O–H groups in total. The normalized spacial score (nSPS) is 13.7. The number of anilines is 2. The first-order chi connectivity index (χ1) is 19.5. The predicted molar refractivity (Wildman–Crippen MR) is 149 cm³/mol. The number of hydrogen-bond donors (Lipinski definition) is 2. The molecule has 1 aliphatic carbocycles. The Morgan fingerprint density at radius 3 is 2.58 bits per heavy atom. The number of carbonyl (C=O) groups excluding carboxylic acids is 2. The van der Waals surface area contributed by atoms with Crippen LogP contribution in [-0.4, -0.2) is 49.6 Å². The van der Waals surface area contributed by atoms with Crippen LogP contribution in [0.15, 0.2) is 90.6 Å². The van der Waals surface area contributed by atoms with Crippen LogP contribution >= 0.6 is 0 Å². The highest BCUT2D eigenvalue weighted by atomic mass is 16.5. The molecule has 1 saturated carbocycles. The van der Waals surface area contributed by atoms with Gasteiger partial charge < -0.3 is 15.4 Å². The van der Waals surface area contributed by atoms with Crippen molar-refractivity contribution in [1.29, 1.82) is 0 Å². The Morgan fingerprint density at radius 1 is 0.975 bits per heavy atom. The Kier molecular flexibility index (Phi) is 6.44. The van der Waals surface area contributed by atoms with Crippen molar-refractivity contribution >= 4 is 35.2 Å². The summed E-state index contributed by atoms with van der Waals surface area (Å²) in [7, 11) is 1.77. The molecule has 0 spiro atoms. The van der Waals surface area contributed by atoms with Crippen LogP contribution in [0.4, 0.5) is 11.5 Å². The number of hydrogen-bond acceptors (Lipinski definition) is 8. The molecule has 0 unspecified atom stereocenters. The molecule has 6 rings (SSSR count). The Morgan fingerprint density at radius 2 is 1.77 bits per heavy atom. The molecule has 3 aromatic heterocycles. The largest absolute Gasteiger partial charge is 0.438 e. The van der Waals surface area contributed by atoms with Crippen molar-refractivity contribution in [3.63, 3.8) is 0 Å². The van der Waals surface area contributed by atoms with Gasteiger partial charge >= 0.3 is 0 Å². The van der Waals surface area contributed by atoms with Crippen LogP contribution in [0.5, 0.6) is 11.6 Å². The highest BCUT2D eigenvalue weighted by Crippen LogP contribution is 2.46. The van der Waals surface area contributed by atoms with Crippen LogP contribution in [0.3, 0.4) is 0 Å². The van der Waals surface area contributed by atoms with Gasteiger partial charge in [0.05, 0.1) is 11.8 Å². The zero-order chi connectivity index (χ0) is 27.5. The van der Waals surface area contributed by atoms with Gasteiger partial charge in [-0.2, -0.15) is 0 Å². The van der Waals surface area contributed by atoms with E-state index in [0.29, 0.717) is 39.9 Å². The quantitative estimate of drug-likeness (QED) is 0.280. The van der Waals surface area contributed by atoms with Gasteiger partial charge in [-0.05, 0) is 48.7 Å². The highest BCUT2D eigenvalue weighted by Gasteiger charge is 2.42. The average Bonchev–Trinajstić information content (AvgIpc) is 3.65. The van der Waals surface area contributed by atoms with Crippen molar-refractivity contribution in [2.75, 3.05) is 17.7 Å². The molecule has 40 heavy (non-hydrogen) atoms. The van der Waals surface area contributed by atoms with Crippen molar-refractivity contribution in [2.45, 2.75) is 18.3 Å². The van der Waals surface area contributed by atoms with E-state index in [1.54, 1.807) is 55.7 Å². The van der Waals surface area contributed by atoms with E-state index in [9.17, 15) is 9.59 Å². The third-order valence-corrected chi connectivity index (χ3v) is 6.54. The Labute approximate surface area is 229 Å². The molecular weight excluding hydrogens is 508 g/mol. The summed E-state index contributed by atoms with van der Waals surface area (Å²) in [5.41, 5.74) is 3.05. The number of aliphatic imine (C=N–C) groups is 1. The fraction of sp³-hybridized carbons (Fsp3) is 0.138. The van der Waals surface area contributed by atoms with Gasteiger partial charge in [-0.25, -0.2) is 19.5 Å². The second-order valence-electron chi connectivity index (χ2n) is 9.39. The van der Waals surface area contributed by atoms with Crippen LogP contribution in [0.2, 0.25) is 0 Å². The van der Waals surface area contributed by atoms with E-state index >= 15 is 0 Å². The number of ether oxygens (including phenoxy) is 1. The molecule has 0 saturated heterocycles. The van der Waals surface area contributed by atoms with Crippen molar-refractivity contribution in [3.05, 3.63) is 102 Å². The fourth-order valence-corrected chi connectivity index (χ4v) is 4.39. The number of rotatable bonds is 8.